The second kappa shape index (κ2) is 15.0. The largest absolute Gasteiger partial charge is 0.373 e. The summed E-state index contributed by atoms with van der Waals surface area (Å²) in [6, 6.07) is 20.3. The second-order valence-electron chi connectivity index (χ2n) is 13.2. The molecule has 0 radical (unpaired) electrons. The Morgan fingerprint density at radius 3 is 2.14 bits per heavy atom. The molecule has 11 nitrogen and oxygen atoms in total. The van der Waals surface area contributed by atoms with Crippen LogP contribution in [0.25, 0.3) is 39.2 Å². The van der Waals surface area contributed by atoms with Crippen LogP contribution in [0.2, 0.25) is 5.02 Å². The lowest BCUT2D eigenvalue weighted by Crippen LogP contribution is -2.36. The zero-order chi connectivity index (χ0) is 35.5. The molecule has 262 valence electrons. The third-order valence-corrected chi connectivity index (χ3v) is 10.2. The summed E-state index contributed by atoms with van der Waals surface area (Å²) < 4.78 is 1.57. The highest BCUT2D eigenvalue weighted by Gasteiger charge is 2.22. The van der Waals surface area contributed by atoms with Gasteiger partial charge in [-0.1, -0.05) is 54.1 Å². The third-order valence-electron chi connectivity index (χ3n) is 9.79. The minimum Gasteiger partial charge on any atom is -0.373 e. The maximum absolute atomic E-state index is 13.3. The Labute approximate surface area is 301 Å². The first-order valence-electron chi connectivity index (χ1n) is 17.4. The van der Waals surface area contributed by atoms with E-state index >= 15 is 0 Å². The van der Waals surface area contributed by atoms with Crippen molar-refractivity contribution in [2.45, 2.75) is 57.8 Å². The quantitative estimate of drug-likeness (QED) is 0.124. The average molecular weight is 705 g/mol. The van der Waals surface area contributed by atoms with Crippen LogP contribution in [0.15, 0.2) is 77.9 Å². The number of nitrogens with one attached hydrogen (secondary N) is 5. The molecule has 2 fully saturated rings. The van der Waals surface area contributed by atoms with Gasteiger partial charge >= 0.3 is 0 Å². The zero-order valence-electron chi connectivity index (χ0n) is 28.7. The van der Waals surface area contributed by atoms with E-state index in [-0.39, 0.29) is 29.5 Å². The molecule has 0 bridgehead atoms. The highest BCUT2D eigenvalue weighted by atomic mass is 35.5. The summed E-state index contributed by atoms with van der Waals surface area (Å²) in [5.74, 6) is 0.950. The number of halogens is 1. The van der Waals surface area contributed by atoms with Gasteiger partial charge in [0.2, 0.25) is 11.8 Å². The van der Waals surface area contributed by atoms with Crippen molar-refractivity contribution in [3.63, 3.8) is 0 Å². The maximum Gasteiger partial charge on any atom is 0.262 e. The van der Waals surface area contributed by atoms with E-state index in [0.29, 0.717) is 55.3 Å². The van der Waals surface area contributed by atoms with Crippen LogP contribution in [-0.2, 0) is 22.7 Å². The summed E-state index contributed by atoms with van der Waals surface area (Å²) in [4.78, 5) is 45.8. The number of amides is 2. The number of aromatic nitrogens is 3. The maximum atomic E-state index is 13.3. The van der Waals surface area contributed by atoms with Crippen LogP contribution in [-0.4, -0.2) is 58.4 Å². The molecule has 7 rings (SSSR count). The fourth-order valence-electron chi connectivity index (χ4n) is 7.00. The molecule has 0 unspecified atom stereocenters. The van der Waals surface area contributed by atoms with Gasteiger partial charge in [0, 0.05) is 92.8 Å². The fraction of sp³-hybridized carbons (Fsp3) is 0.308. The zero-order valence-corrected chi connectivity index (χ0v) is 29.4. The van der Waals surface area contributed by atoms with E-state index in [1.165, 1.54) is 0 Å². The van der Waals surface area contributed by atoms with Gasteiger partial charge in [-0.3, -0.25) is 18.8 Å². The van der Waals surface area contributed by atoms with E-state index in [1.807, 2.05) is 49.5 Å². The molecule has 0 spiro atoms. The van der Waals surface area contributed by atoms with Gasteiger partial charge < -0.3 is 26.6 Å². The van der Waals surface area contributed by atoms with Crippen molar-refractivity contribution < 1.29 is 9.59 Å². The predicted octanol–water partition coefficient (Wildman–Crippen LogP) is 4.83. The monoisotopic (exact) mass is 704 g/mol. The van der Waals surface area contributed by atoms with Crippen LogP contribution < -0.4 is 32.1 Å². The average Bonchev–Trinajstić information content (AvgIpc) is 3.76. The smallest absolute Gasteiger partial charge is 0.262 e. The van der Waals surface area contributed by atoms with Crippen LogP contribution in [0.3, 0.4) is 0 Å². The Morgan fingerprint density at radius 1 is 0.824 bits per heavy atom. The van der Waals surface area contributed by atoms with Crippen molar-refractivity contribution in [1.29, 1.82) is 0 Å². The van der Waals surface area contributed by atoms with Gasteiger partial charge in [0.1, 0.15) is 11.5 Å². The van der Waals surface area contributed by atoms with Gasteiger partial charge in [0.25, 0.3) is 5.56 Å². The van der Waals surface area contributed by atoms with Gasteiger partial charge in [0.15, 0.2) is 0 Å². The highest BCUT2D eigenvalue weighted by molar-refractivity contribution is 6.36. The molecule has 2 aliphatic heterocycles. The first-order chi connectivity index (χ1) is 24.8. The number of nitrogens with zero attached hydrogens (tertiary/aromatic N) is 3. The van der Waals surface area contributed by atoms with E-state index in [2.05, 4.69) is 56.7 Å². The molecule has 2 aromatic carbocycles. The lowest BCUT2D eigenvalue weighted by molar-refractivity contribution is -0.120. The number of rotatable bonds is 12. The molecule has 5 N–H and O–H groups in total. The lowest BCUT2D eigenvalue weighted by Gasteiger charge is -2.17. The Bertz CT molecular complexity index is 2180. The van der Waals surface area contributed by atoms with Crippen LogP contribution in [0.5, 0.6) is 0 Å². The number of pyridine rings is 2. The minimum absolute atomic E-state index is 0.0722. The molecular formula is C39H41ClN8O3. The molecule has 3 aromatic heterocycles. The van der Waals surface area contributed by atoms with E-state index in [0.717, 1.165) is 63.3 Å². The second-order valence-corrected chi connectivity index (χ2v) is 13.6. The fourth-order valence-corrected chi connectivity index (χ4v) is 7.32. The molecule has 2 saturated heterocycles. The molecule has 2 atom stereocenters. The van der Waals surface area contributed by atoms with Crippen LogP contribution in [0.4, 0.5) is 5.82 Å². The SMILES string of the molecule is CNc1nc(-c2cccc(-c3cccc(-c4ccn5c(=O)c(CNC[C@H]6CCC(=O)N6)cnc5c4)c3C)c2Cl)ccc1CNC[C@@H]1CCC(=O)N1. The molecular weight excluding hydrogens is 664 g/mol. The van der Waals surface area contributed by atoms with Gasteiger partial charge in [-0.15, -0.1) is 0 Å². The normalized spacial score (nSPS) is 17.2. The molecule has 2 aliphatic rings. The summed E-state index contributed by atoms with van der Waals surface area (Å²) in [6.45, 7) is 4.39. The standard InChI is InChI=1S/C39H41ClN8O3/c1-23-29(24-15-16-48-34(17-24)44-20-26(39(48)51)19-43-22-28-11-14-36(50)46-28)5-3-6-30(23)31-7-4-8-32(37(31)40)33-12-9-25(38(41-2)47-33)18-42-21-27-10-13-35(49)45-27/h3-9,12,15-17,20,27-28,42-43H,10-11,13-14,18-19,21-22H2,1-2H3,(H,41,47)(H,45,49)(H,46,50)/t27-,28+/m0/s1. The van der Waals surface area contributed by atoms with Crippen LogP contribution in [0.1, 0.15) is 42.4 Å². The van der Waals surface area contributed by atoms with Crippen molar-refractivity contribution in [3.8, 4) is 33.5 Å². The Balaban J connectivity index is 1.10. The molecule has 12 heteroatoms. The molecule has 0 saturated carbocycles. The molecule has 51 heavy (non-hydrogen) atoms. The lowest BCUT2D eigenvalue weighted by atomic mass is 9.92. The first kappa shape index (κ1) is 34.4. The van der Waals surface area contributed by atoms with E-state index in [1.54, 1.807) is 16.8 Å². The number of hydrogen-bond acceptors (Lipinski definition) is 8. The van der Waals surface area contributed by atoms with Gasteiger partial charge in [-0.05, 0) is 60.2 Å². The van der Waals surface area contributed by atoms with Gasteiger partial charge in [-0.25, -0.2) is 9.97 Å². The topological polar surface area (TPSA) is 142 Å². The van der Waals surface area contributed by atoms with Crippen LogP contribution >= 0.6 is 11.6 Å². The Morgan fingerprint density at radius 2 is 1.47 bits per heavy atom. The summed E-state index contributed by atoms with van der Waals surface area (Å²) in [5.41, 5.74) is 8.52. The predicted molar refractivity (Wildman–Crippen MR) is 201 cm³/mol. The molecule has 2 amide bonds. The van der Waals surface area contributed by atoms with Crippen molar-refractivity contribution in [2.24, 2.45) is 0 Å². The van der Waals surface area contributed by atoms with Crippen molar-refractivity contribution in [3.05, 3.63) is 105 Å². The van der Waals surface area contributed by atoms with Crippen molar-refractivity contribution in [1.82, 2.24) is 35.6 Å². The number of hydrogen-bond donors (Lipinski definition) is 5. The number of anilines is 1. The summed E-state index contributed by atoms with van der Waals surface area (Å²) in [5, 5.41) is 16.5. The Kier molecular flexibility index (Phi) is 10.1. The number of carbonyl (C=O) groups excluding carboxylic acids is 2. The van der Waals surface area contributed by atoms with Crippen molar-refractivity contribution >= 4 is 34.9 Å². The molecule has 0 aliphatic carbocycles. The summed E-state index contributed by atoms with van der Waals surface area (Å²) in [6.07, 6.45) is 6.19. The molecule has 5 heterocycles. The third kappa shape index (κ3) is 7.37. The van der Waals surface area contributed by atoms with Gasteiger partial charge in [0.05, 0.1) is 10.7 Å². The number of carbonyl (C=O) groups is 2. The summed E-state index contributed by atoms with van der Waals surface area (Å²) >= 11 is 7.16. The Hall–Kier alpha value is -5.10. The first-order valence-corrected chi connectivity index (χ1v) is 17.7. The number of benzene rings is 2. The molecule has 5 aromatic rings. The van der Waals surface area contributed by atoms with E-state index < -0.39 is 0 Å². The van der Waals surface area contributed by atoms with Gasteiger partial charge in [-0.2, -0.15) is 0 Å². The number of fused-ring (bicyclic) bond motifs is 1. The highest BCUT2D eigenvalue weighted by Crippen LogP contribution is 2.40. The van der Waals surface area contributed by atoms with Crippen molar-refractivity contribution in [2.75, 3.05) is 25.5 Å². The summed E-state index contributed by atoms with van der Waals surface area (Å²) in [7, 11) is 1.86. The van der Waals surface area contributed by atoms with Crippen LogP contribution in [0, 0.1) is 6.92 Å². The minimum atomic E-state index is -0.123. The van der Waals surface area contributed by atoms with E-state index in [9.17, 15) is 14.4 Å². The van der Waals surface area contributed by atoms with E-state index in [4.69, 9.17) is 16.6 Å².